The summed E-state index contributed by atoms with van der Waals surface area (Å²) in [5.74, 6) is -1.09. The van der Waals surface area contributed by atoms with Gasteiger partial charge < -0.3 is 0 Å². The van der Waals surface area contributed by atoms with Gasteiger partial charge in [0.05, 0.1) is 16.8 Å². The van der Waals surface area contributed by atoms with E-state index in [0.29, 0.717) is 16.8 Å². The van der Waals surface area contributed by atoms with Crippen molar-refractivity contribution in [2.45, 2.75) is 6.92 Å². The Bertz CT molecular complexity index is 1060. The fourth-order valence-corrected chi connectivity index (χ4v) is 2.78. The monoisotopic (exact) mass is 325 g/mol. The number of imidazole rings is 1. The summed E-state index contributed by atoms with van der Waals surface area (Å²) in [4.78, 5) is 4.17. The maximum atomic E-state index is 14.5. The zero-order chi connectivity index (χ0) is 16.8. The summed E-state index contributed by atoms with van der Waals surface area (Å²) in [7, 11) is 1.79. The van der Waals surface area contributed by atoms with Gasteiger partial charge >= 0.3 is 0 Å². The first-order chi connectivity index (χ1) is 11.6. The van der Waals surface area contributed by atoms with Crippen LogP contribution in [-0.2, 0) is 7.05 Å². The molecular weight excluding hydrogens is 312 g/mol. The molecule has 0 aliphatic heterocycles. The molecule has 0 bridgehead atoms. The minimum Gasteiger partial charge on any atom is -0.297 e. The van der Waals surface area contributed by atoms with Crippen LogP contribution in [0.15, 0.2) is 42.7 Å². The SMILES string of the molecule is Cc1ccc(F)c(-c2nccn2-c2cccc3c2nnn3C)c1F. The highest BCUT2D eigenvalue weighted by molar-refractivity contribution is 5.84. The van der Waals surface area contributed by atoms with E-state index in [1.807, 2.05) is 18.2 Å². The van der Waals surface area contributed by atoms with E-state index in [4.69, 9.17) is 0 Å². The summed E-state index contributed by atoms with van der Waals surface area (Å²) >= 11 is 0. The molecular formula is C17H13F2N5. The highest BCUT2D eigenvalue weighted by Crippen LogP contribution is 2.30. The molecule has 7 heteroatoms. The predicted molar refractivity (Wildman–Crippen MR) is 85.7 cm³/mol. The second-order valence-electron chi connectivity index (χ2n) is 5.53. The van der Waals surface area contributed by atoms with E-state index in [-0.39, 0.29) is 11.4 Å². The van der Waals surface area contributed by atoms with Gasteiger partial charge in [0, 0.05) is 19.4 Å². The molecule has 0 N–H and O–H groups in total. The van der Waals surface area contributed by atoms with E-state index in [9.17, 15) is 8.78 Å². The molecule has 0 aliphatic carbocycles. The maximum Gasteiger partial charge on any atom is 0.150 e. The molecule has 2 heterocycles. The summed E-state index contributed by atoms with van der Waals surface area (Å²) in [6.07, 6.45) is 3.16. The molecule has 0 saturated carbocycles. The van der Waals surface area contributed by atoms with Crippen molar-refractivity contribution in [2.24, 2.45) is 7.05 Å². The van der Waals surface area contributed by atoms with Crippen LogP contribution >= 0.6 is 0 Å². The van der Waals surface area contributed by atoms with E-state index in [2.05, 4.69) is 15.3 Å². The van der Waals surface area contributed by atoms with Gasteiger partial charge in [-0.05, 0) is 30.7 Å². The van der Waals surface area contributed by atoms with Crippen LogP contribution in [0.5, 0.6) is 0 Å². The highest BCUT2D eigenvalue weighted by Gasteiger charge is 2.20. The summed E-state index contributed by atoms with van der Waals surface area (Å²) in [5.41, 5.74) is 2.32. The van der Waals surface area contributed by atoms with Crippen LogP contribution in [0.3, 0.4) is 0 Å². The lowest BCUT2D eigenvalue weighted by Crippen LogP contribution is -2.02. The number of benzene rings is 2. The van der Waals surface area contributed by atoms with Gasteiger partial charge in [-0.3, -0.25) is 4.57 Å². The van der Waals surface area contributed by atoms with Gasteiger partial charge in [0.15, 0.2) is 0 Å². The average Bonchev–Trinajstić information content (AvgIpc) is 3.19. The minimum atomic E-state index is -0.656. The molecule has 4 aromatic rings. The molecule has 0 fully saturated rings. The maximum absolute atomic E-state index is 14.5. The van der Waals surface area contributed by atoms with Crippen LogP contribution < -0.4 is 0 Å². The minimum absolute atomic E-state index is 0.152. The van der Waals surface area contributed by atoms with Crippen LogP contribution in [0, 0.1) is 18.6 Å². The van der Waals surface area contributed by atoms with Gasteiger partial charge in [-0.1, -0.05) is 17.3 Å². The van der Waals surface area contributed by atoms with Crippen molar-refractivity contribution in [2.75, 3.05) is 0 Å². The van der Waals surface area contributed by atoms with Crippen LogP contribution in [0.25, 0.3) is 28.1 Å². The molecule has 2 aromatic heterocycles. The second kappa shape index (κ2) is 5.23. The number of halogens is 2. The van der Waals surface area contributed by atoms with Crippen molar-refractivity contribution in [1.82, 2.24) is 24.5 Å². The zero-order valence-corrected chi connectivity index (χ0v) is 13.0. The average molecular weight is 325 g/mol. The van der Waals surface area contributed by atoms with Crippen LogP contribution in [0.1, 0.15) is 5.56 Å². The smallest absolute Gasteiger partial charge is 0.150 e. The lowest BCUT2D eigenvalue weighted by Gasteiger charge is -2.11. The van der Waals surface area contributed by atoms with Crippen LogP contribution in [-0.4, -0.2) is 24.5 Å². The van der Waals surface area contributed by atoms with E-state index in [1.165, 1.54) is 18.3 Å². The third-order valence-electron chi connectivity index (χ3n) is 4.03. The summed E-state index contributed by atoms with van der Waals surface area (Å²) in [5, 5.41) is 8.15. The van der Waals surface area contributed by atoms with Gasteiger partial charge in [-0.25, -0.2) is 18.4 Å². The van der Waals surface area contributed by atoms with E-state index >= 15 is 0 Å². The molecule has 0 saturated heterocycles. The van der Waals surface area contributed by atoms with Crippen molar-refractivity contribution >= 4 is 11.0 Å². The van der Waals surface area contributed by atoms with Crippen molar-refractivity contribution < 1.29 is 8.78 Å². The lowest BCUT2D eigenvalue weighted by atomic mass is 10.1. The van der Waals surface area contributed by atoms with Gasteiger partial charge in [0.2, 0.25) is 0 Å². The summed E-state index contributed by atoms with van der Waals surface area (Å²) < 4.78 is 32.1. The zero-order valence-electron chi connectivity index (χ0n) is 13.0. The van der Waals surface area contributed by atoms with Gasteiger partial charge in [-0.2, -0.15) is 0 Å². The van der Waals surface area contributed by atoms with E-state index < -0.39 is 11.6 Å². The number of nitrogens with zero attached hydrogens (tertiary/aromatic N) is 5. The lowest BCUT2D eigenvalue weighted by molar-refractivity contribution is 0.581. The Morgan fingerprint density at radius 3 is 2.75 bits per heavy atom. The van der Waals surface area contributed by atoms with Crippen molar-refractivity contribution in [1.29, 1.82) is 0 Å². The topological polar surface area (TPSA) is 48.5 Å². The number of aromatic nitrogens is 5. The second-order valence-corrected chi connectivity index (χ2v) is 5.53. The third kappa shape index (κ3) is 2.01. The van der Waals surface area contributed by atoms with Crippen molar-refractivity contribution in [3.05, 3.63) is 59.9 Å². The van der Waals surface area contributed by atoms with Gasteiger partial charge in [-0.15, -0.1) is 5.10 Å². The number of hydrogen-bond acceptors (Lipinski definition) is 3. The Hall–Kier alpha value is -3.09. The summed E-state index contributed by atoms with van der Waals surface area (Å²) in [6.45, 7) is 1.59. The van der Waals surface area contributed by atoms with Crippen molar-refractivity contribution in [3.8, 4) is 17.1 Å². The Morgan fingerprint density at radius 1 is 1.08 bits per heavy atom. The molecule has 24 heavy (non-hydrogen) atoms. The fraction of sp³-hybridized carbons (Fsp3) is 0.118. The number of aryl methyl sites for hydroxylation is 2. The quantitative estimate of drug-likeness (QED) is 0.567. The van der Waals surface area contributed by atoms with Gasteiger partial charge in [0.25, 0.3) is 0 Å². The van der Waals surface area contributed by atoms with Gasteiger partial charge in [0.1, 0.15) is 23.0 Å². The first-order valence-corrected chi connectivity index (χ1v) is 7.35. The number of fused-ring (bicyclic) bond motifs is 1. The molecule has 0 radical (unpaired) electrons. The van der Waals surface area contributed by atoms with Crippen LogP contribution in [0.2, 0.25) is 0 Å². The molecule has 0 aliphatic rings. The Labute approximate surface area is 136 Å². The summed E-state index contributed by atoms with van der Waals surface area (Å²) in [6, 6.07) is 8.19. The first-order valence-electron chi connectivity index (χ1n) is 7.35. The normalized spacial score (nSPS) is 11.3. The Morgan fingerprint density at radius 2 is 1.92 bits per heavy atom. The molecule has 0 amide bonds. The first kappa shape index (κ1) is 14.5. The van der Waals surface area contributed by atoms with E-state index in [1.54, 1.807) is 29.4 Å². The highest BCUT2D eigenvalue weighted by atomic mass is 19.1. The largest absolute Gasteiger partial charge is 0.297 e. The number of hydrogen-bond donors (Lipinski definition) is 0. The predicted octanol–water partition coefficient (Wildman–Crippen LogP) is 3.41. The molecule has 2 aromatic carbocycles. The molecule has 5 nitrogen and oxygen atoms in total. The van der Waals surface area contributed by atoms with Crippen molar-refractivity contribution in [3.63, 3.8) is 0 Å². The Kier molecular flexibility index (Phi) is 3.16. The number of rotatable bonds is 2. The molecule has 0 atom stereocenters. The third-order valence-corrected chi connectivity index (χ3v) is 4.03. The Balaban J connectivity index is 2.01. The fourth-order valence-electron chi connectivity index (χ4n) is 2.78. The molecule has 0 spiro atoms. The standard InChI is InChI=1S/C17H13F2N5/c1-10-6-7-11(18)14(15(10)19)17-20-8-9-24(17)13-5-3-4-12-16(13)21-22-23(12)2/h3-9H,1-2H3. The molecule has 120 valence electrons. The van der Waals surface area contributed by atoms with E-state index in [0.717, 1.165) is 5.52 Å². The molecule has 4 rings (SSSR count). The molecule has 0 unspecified atom stereocenters. The van der Waals surface area contributed by atoms with Crippen LogP contribution in [0.4, 0.5) is 8.78 Å².